The Morgan fingerprint density at radius 1 is 1.28 bits per heavy atom. The fraction of sp³-hybridized carbons (Fsp3) is 0.385. The van der Waals surface area contributed by atoms with Crippen LogP contribution in [0.1, 0.15) is 39.6 Å². The van der Waals surface area contributed by atoms with E-state index in [4.69, 9.17) is 4.43 Å². The Morgan fingerprint density at radius 3 is 2.89 bits per heavy atom. The van der Waals surface area contributed by atoms with E-state index < -0.39 is 21.7 Å². The summed E-state index contributed by atoms with van der Waals surface area (Å²) in [6, 6.07) is 6.41. The quantitative estimate of drug-likeness (QED) is 0.338. The van der Waals surface area contributed by atoms with Gasteiger partial charge in [-0.2, -0.15) is 0 Å². The summed E-state index contributed by atoms with van der Waals surface area (Å²) in [5.41, 5.74) is 1.77. The lowest BCUT2D eigenvalue weighted by molar-refractivity contribution is 0.0443. The number of benzene rings is 1. The second-order valence-corrected chi connectivity index (χ2v) is 5.69. The predicted octanol–water partition coefficient (Wildman–Crippen LogP) is 1.47. The highest BCUT2D eigenvalue weighted by Crippen LogP contribution is 2.24. The van der Waals surface area contributed by atoms with Gasteiger partial charge >= 0.3 is 11.9 Å². The highest BCUT2D eigenvalue weighted by Gasteiger charge is 2.31. The molecule has 0 saturated heterocycles. The van der Waals surface area contributed by atoms with E-state index in [1.165, 1.54) is 0 Å². The van der Waals surface area contributed by atoms with Crippen molar-refractivity contribution in [1.29, 1.82) is 0 Å². The Hall–Kier alpha value is -1.46. The molecule has 18 heavy (non-hydrogen) atoms. The van der Waals surface area contributed by atoms with Gasteiger partial charge in [-0.1, -0.05) is 12.1 Å². The van der Waals surface area contributed by atoms with Gasteiger partial charge in [0, 0.05) is 6.61 Å². The Kier molecular flexibility index (Phi) is 4.27. The molecule has 1 aromatic carbocycles. The van der Waals surface area contributed by atoms with Crippen molar-refractivity contribution in [3.05, 3.63) is 34.9 Å². The molecular formula is C13H16O4Si. The summed E-state index contributed by atoms with van der Waals surface area (Å²) in [6.07, 6.45) is 1.79. The Bertz CT molecular complexity index is 470. The zero-order chi connectivity index (χ0) is 13.0. The van der Waals surface area contributed by atoms with Crippen LogP contribution in [0.15, 0.2) is 18.2 Å². The summed E-state index contributed by atoms with van der Waals surface area (Å²) in [5, 5.41) is 0. The van der Waals surface area contributed by atoms with Gasteiger partial charge < -0.3 is 9.16 Å². The number of esters is 2. The van der Waals surface area contributed by atoms with Crippen LogP contribution < -0.4 is 0 Å². The van der Waals surface area contributed by atoms with Gasteiger partial charge in [0.2, 0.25) is 0 Å². The van der Waals surface area contributed by atoms with Crippen LogP contribution in [0.2, 0.25) is 6.04 Å². The molecule has 0 aromatic heterocycles. The first-order valence-electron chi connectivity index (χ1n) is 6.20. The number of carbonyl (C=O) groups is 2. The molecule has 0 aliphatic carbocycles. The minimum atomic E-state index is -0.527. The molecule has 0 spiro atoms. The van der Waals surface area contributed by atoms with E-state index in [2.05, 4.69) is 4.74 Å². The second-order valence-electron chi connectivity index (χ2n) is 4.17. The maximum absolute atomic E-state index is 11.6. The first kappa shape index (κ1) is 13.0. The van der Waals surface area contributed by atoms with Crippen molar-refractivity contribution in [3.8, 4) is 0 Å². The topological polar surface area (TPSA) is 52.6 Å². The van der Waals surface area contributed by atoms with Gasteiger partial charge in [0.25, 0.3) is 0 Å². The normalized spacial score (nSPS) is 14.3. The SMILES string of the molecule is CCO[SiH2]CCCc1cccc2c1C(=O)OC2=O. The maximum Gasteiger partial charge on any atom is 0.347 e. The highest BCUT2D eigenvalue weighted by atomic mass is 28.2. The fourth-order valence-corrected chi connectivity index (χ4v) is 3.02. The molecule has 1 aromatic rings. The number of hydrogen-bond donors (Lipinski definition) is 0. The molecule has 2 rings (SSSR count). The molecule has 1 aliphatic heterocycles. The van der Waals surface area contributed by atoms with Gasteiger partial charge in [0.1, 0.15) is 0 Å². The molecule has 1 aliphatic rings. The fourth-order valence-electron chi connectivity index (χ4n) is 2.07. The van der Waals surface area contributed by atoms with Gasteiger partial charge in [-0.15, -0.1) is 0 Å². The van der Waals surface area contributed by atoms with E-state index in [-0.39, 0.29) is 0 Å². The zero-order valence-corrected chi connectivity index (χ0v) is 11.8. The molecule has 0 N–H and O–H groups in total. The lowest BCUT2D eigenvalue weighted by Crippen LogP contribution is -2.02. The van der Waals surface area contributed by atoms with Gasteiger partial charge in [-0.3, -0.25) is 0 Å². The van der Waals surface area contributed by atoms with Crippen LogP contribution in [0.5, 0.6) is 0 Å². The van der Waals surface area contributed by atoms with E-state index in [1.807, 2.05) is 13.0 Å². The molecule has 0 atom stereocenters. The first-order valence-corrected chi connectivity index (χ1v) is 7.78. The van der Waals surface area contributed by atoms with Crippen LogP contribution in [-0.4, -0.2) is 28.3 Å². The molecule has 0 amide bonds. The van der Waals surface area contributed by atoms with Crippen molar-refractivity contribution in [2.75, 3.05) is 6.61 Å². The van der Waals surface area contributed by atoms with Gasteiger partial charge in [0.15, 0.2) is 9.76 Å². The molecule has 1 heterocycles. The first-order chi connectivity index (χ1) is 8.74. The molecule has 96 valence electrons. The van der Waals surface area contributed by atoms with Crippen LogP contribution in [0.25, 0.3) is 0 Å². The van der Waals surface area contributed by atoms with Crippen LogP contribution in [0.4, 0.5) is 0 Å². The number of aryl methyl sites for hydroxylation is 1. The lowest BCUT2D eigenvalue weighted by Gasteiger charge is -2.04. The third-order valence-corrected chi connectivity index (χ3v) is 4.43. The third kappa shape index (κ3) is 2.68. The molecular weight excluding hydrogens is 248 g/mol. The highest BCUT2D eigenvalue weighted by molar-refractivity contribution is 6.27. The van der Waals surface area contributed by atoms with Crippen LogP contribution in [0, 0.1) is 0 Å². The summed E-state index contributed by atoms with van der Waals surface area (Å²) in [4.78, 5) is 23.0. The Labute approximate surface area is 108 Å². The largest absolute Gasteiger partial charge is 0.424 e. The summed E-state index contributed by atoms with van der Waals surface area (Å²) >= 11 is 0. The number of ether oxygens (including phenoxy) is 1. The second kappa shape index (κ2) is 5.93. The molecule has 0 bridgehead atoms. The smallest absolute Gasteiger partial charge is 0.347 e. The van der Waals surface area contributed by atoms with Crippen molar-refractivity contribution < 1.29 is 18.8 Å². The molecule has 0 unspecified atom stereocenters. The van der Waals surface area contributed by atoms with Gasteiger partial charge in [0.05, 0.1) is 11.1 Å². The third-order valence-electron chi connectivity index (χ3n) is 2.95. The molecule has 5 heteroatoms. The van der Waals surface area contributed by atoms with E-state index in [1.54, 1.807) is 12.1 Å². The molecule has 4 nitrogen and oxygen atoms in total. The van der Waals surface area contributed by atoms with Crippen LogP contribution >= 0.6 is 0 Å². The van der Waals surface area contributed by atoms with Crippen molar-refractivity contribution in [2.24, 2.45) is 0 Å². The monoisotopic (exact) mass is 264 g/mol. The zero-order valence-electron chi connectivity index (χ0n) is 10.4. The average Bonchev–Trinajstić information content (AvgIpc) is 2.66. The van der Waals surface area contributed by atoms with Gasteiger partial charge in [-0.05, 0) is 37.4 Å². The summed E-state index contributed by atoms with van der Waals surface area (Å²) < 4.78 is 10.0. The summed E-state index contributed by atoms with van der Waals surface area (Å²) in [7, 11) is -0.424. The molecule has 0 saturated carbocycles. The minimum absolute atomic E-state index is 0.402. The Morgan fingerprint density at radius 2 is 2.11 bits per heavy atom. The van der Waals surface area contributed by atoms with Crippen molar-refractivity contribution >= 4 is 21.7 Å². The number of carbonyl (C=O) groups excluding carboxylic acids is 2. The van der Waals surface area contributed by atoms with E-state index in [9.17, 15) is 9.59 Å². The van der Waals surface area contributed by atoms with E-state index in [0.717, 1.165) is 31.1 Å². The van der Waals surface area contributed by atoms with Crippen LogP contribution in [0.3, 0.4) is 0 Å². The predicted molar refractivity (Wildman–Crippen MR) is 69.5 cm³/mol. The standard InChI is InChI=1S/C13H16O4Si/c1-2-16-18-8-4-6-9-5-3-7-10-11(9)13(15)17-12(10)14/h3,5,7H,2,4,6,8,18H2,1H3. The number of rotatable bonds is 6. The van der Waals surface area contributed by atoms with Gasteiger partial charge in [-0.25, -0.2) is 9.59 Å². The number of cyclic esters (lactones) is 2. The average molecular weight is 264 g/mol. The summed E-state index contributed by atoms with van der Waals surface area (Å²) in [6.45, 7) is 2.78. The van der Waals surface area contributed by atoms with Crippen molar-refractivity contribution in [2.45, 2.75) is 25.8 Å². The number of hydrogen-bond acceptors (Lipinski definition) is 4. The molecule has 0 fully saturated rings. The van der Waals surface area contributed by atoms with Crippen LogP contribution in [-0.2, 0) is 15.6 Å². The molecule has 0 radical (unpaired) electrons. The van der Waals surface area contributed by atoms with E-state index >= 15 is 0 Å². The summed E-state index contributed by atoms with van der Waals surface area (Å²) in [5.74, 6) is -1.03. The minimum Gasteiger partial charge on any atom is -0.424 e. The maximum atomic E-state index is 11.6. The Balaban J connectivity index is 2.02. The van der Waals surface area contributed by atoms with E-state index in [0.29, 0.717) is 11.1 Å². The lowest BCUT2D eigenvalue weighted by atomic mass is 9.99. The van der Waals surface area contributed by atoms with Crippen molar-refractivity contribution in [1.82, 2.24) is 0 Å². The van der Waals surface area contributed by atoms with Crippen molar-refractivity contribution in [3.63, 3.8) is 0 Å². The number of fused-ring (bicyclic) bond motifs is 1.